The molecule has 0 unspecified atom stereocenters. The third-order valence-electron chi connectivity index (χ3n) is 5.84. The molecule has 178 valence electrons. The fourth-order valence-corrected chi connectivity index (χ4v) is 4.15. The van der Waals surface area contributed by atoms with Crippen molar-refractivity contribution in [2.24, 2.45) is 7.05 Å². The summed E-state index contributed by atoms with van der Waals surface area (Å²) in [4.78, 5) is 22.4. The van der Waals surface area contributed by atoms with Gasteiger partial charge in [-0.25, -0.2) is 0 Å². The predicted molar refractivity (Wildman–Crippen MR) is 121 cm³/mol. The Labute approximate surface area is 194 Å². The Kier molecular flexibility index (Phi) is 6.48. The summed E-state index contributed by atoms with van der Waals surface area (Å²) in [6.45, 7) is 10.3. The molecule has 1 aromatic carbocycles. The minimum absolute atomic E-state index is 0.125. The van der Waals surface area contributed by atoms with E-state index in [0.717, 1.165) is 12.1 Å². The number of aromatic nitrogens is 2. The van der Waals surface area contributed by atoms with Crippen LogP contribution in [0.5, 0.6) is 5.75 Å². The number of anilines is 1. The Bertz CT molecular complexity index is 1300. The molecule has 1 aliphatic rings. The van der Waals surface area contributed by atoms with Gasteiger partial charge >= 0.3 is 6.18 Å². The molecule has 10 heteroatoms. The van der Waals surface area contributed by atoms with Crippen molar-refractivity contribution < 1.29 is 22.6 Å². The molecule has 34 heavy (non-hydrogen) atoms. The van der Waals surface area contributed by atoms with Gasteiger partial charge in [0.05, 0.1) is 16.8 Å². The number of hydrogen-bond donors (Lipinski definition) is 0. The topological polar surface area (TPSA) is 61.0 Å². The molecule has 1 saturated heterocycles. The van der Waals surface area contributed by atoms with Crippen LogP contribution >= 0.6 is 0 Å². The molecule has 7 nitrogen and oxygen atoms in total. The molecule has 4 rings (SSSR count). The average Bonchev–Trinajstić information content (AvgIpc) is 2.82. The molecule has 0 radical (unpaired) electrons. The number of ether oxygens (including phenoxy) is 2. The Balaban J connectivity index is 1.63. The summed E-state index contributed by atoms with van der Waals surface area (Å²) < 4.78 is 52.6. The normalized spacial score (nSPS) is 18.6. The molecular weight excluding hydrogens is 449 g/mol. The van der Waals surface area contributed by atoms with Crippen molar-refractivity contribution in [3.8, 4) is 5.75 Å². The smallest absolute Gasteiger partial charge is 0.416 e. The number of fused-ring (bicyclic) bond motifs is 1. The minimum Gasteiger partial charge on any atom is -0.488 e. The van der Waals surface area contributed by atoms with Gasteiger partial charge in [0.15, 0.2) is 0 Å². The van der Waals surface area contributed by atoms with Crippen molar-refractivity contribution >= 4 is 22.5 Å². The van der Waals surface area contributed by atoms with Crippen LogP contribution in [0.1, 0.15) is 18.9 Å². The van der Waals surface area contributed by atoms with Crippen LogP contribution < -0.4 is 15.2 Å². The zero-order valence-electron chi connectivity index (χ0n) is 18.7. The van der Waals surface area contributed by atoms with E-state index in [2.05, 4.69) is 9.83 Å². The highest BCUT2D eigenvalue weighted by Crippen LogP contribution is 2.33. The zero-order chi connectivity index (χ0) is 24.5. The lowest BCUT2D eigenvalue weighted by Gasteiger charge is -2.39. The van der Waals surface area contributed by atoms with Gasteiger partial charge in [-0.1, -0.05) is 12.6 Å². The molecule has 0 N–H and O–H groups in total. The zero-order valence-corrected chi connectivity index (χ0v) is 18.7. The fourth-order valence-electron chi connectivity index (χ4n) is 4.15. The van der Waals surface area contributed by atoms with E-state index in [4.69, 9.17) is 16.0 Å². The number of rotatable bonds is 5. The van der Waals surface area contributed by atoms with Gasteiger partial charge in [-0.3, -0.25) is 4.79 Å². The van der Waals surface area contributed by atoms with Crippen molar-refractivity contribution in [1.82, 2.24) is 9.55 Å². The monoisotopic (exact) mass is 472 g/mol. The third kappa shape index (κ3) is 4.70. The van der Waals surface area contributed by atoms with Crippen molar-refractivity contribution in [3.05, 3.63) is 69.8 Å². The first-order valence-electron chi connectivity index (χ1n) is 10.8. The van der Waals surface area contributed by atoms with E-state index in [-0.39, 0.29) is 17.1 Å². The molecule has 3 aromatic rings. The summed E-state index contributed by atoms with van der Waals surface area (Å²) in [6.07, 6.45) is -4.92. The molecule has 0 bridgehead atoms. The lowest BCUT2D eigenvalue weighted by Crippen LogP contribution is -2.50. The Morgan fingerprint density at radius 3 is 2.71 bits per heavy atom. The molecule has 1 aliphatic heterocycles. The van der Waals surface area contributed by atoms with Crippen LogP contribution in [0.4, 0.5) is 24.7 Å². The Hall–Kier alpha value is -3.58. The fraction of sp³-hybridized carbons (Fsp3) is 0.375. The highest BCUT2D eigenvalue weighted by molar-refractivity contribution is 5.89. The Morgan fingerprint density at radius 2 is 2.00 bits per heavy atom. The molecule has 2 atom stereocenters. The van der Waals surface area contributed by atoms with Gasteiger partial charge in [0.25, 0.3) is 11.4 Å². The van der Waals surface area contributed by atoms with Gasteiger partial charge in [-0.05, 0) is 37.3 Å². The van der Waals surface area contributed by atoms with Gasteiger partial charge in [-0.15, -0.1) is 4.98 Å². The first-order valence-corrected chi connectivity index (χ1v) is 10.8. The van der Waals surface area contributed by atoms with Gasteiger partial charge in [0.1, 0.15) is 18.0 Å². The first-order chi connectivity index (χ1) is 16.2. The van der Waals surface area contributed by atoms with E-state index >= 15 is 0 Å². The van der Waals surface area contributed by atoms with E-state index in [1.165, 1.54) is 22.8 Å². The number of alkyl halides is 3. The SMILES string of the molecule is [C-]#[N+]c1ccc2c(n1)c(N1CC[C@@H](Oc3cccc(C(F)(F)F)c3)[C@@H](OCC)C1)cc(=O)n2C. The summed E-state index contributed by atoms with van der Waals surface area (Å²) in [6, 6.07) is 9.55. The van der Waals surface area contributed by atoms with E-state index in [9.17, 15) is 18.0 Å². The standard InChI is InChI=1S/C24H23F3N4O3/c1-4-33-20-14-31(11-10-19(20)34-16-7-5-6-15(12-16)24(25,26)27)18-13-22(32)30(3)17-8-9-21(28-2)29-23(17)18/h5-9,12-13,19-20H,4,10-11,14H2,1,3H3/t19-,20+/m1/s1. The van der Waals surface area contributed by atoms with Crippen LogP contribution in [0.25, 0.3) is 15.9 Å². The molecule has 2 aromatic heterocycles. The average molecular weight is 472 g/mol. The van der Waals surface area contributed by atoms with E-state index < -0.39 is 23.9 Å². The third-order valence-corrected chi connectivity index (χ3v) is 5.84. The number of halogens is 3. The Morgan fingerprint density at radius 1 is 1.21 bits per heavy atom. The summed E-state index contributed by atoms with van der Waals surface area (Å²) in [5, 5.41) is 0. The molecule has 0 spiro atoms. The maximum absolute atomic E-state index is 13.1. The largest absolute Gasteiger partial charge is 0.488 e. The number of pyridine rings is 2. The number of benzene rings is 1. The predicted octanol–water partition coefficient (Wildman–Crippen LogP) is 4.57. The van der Waals surface area contributed by atoms with Crippen LogP contribution in [-0.4, -0.2) is 41.5 Å². The number of aryl methyl sites for hydroxylation is 1. The highest BCUT2D eigenvalue weighted by atomic mass is 19.4. The van der Waals surface area contributed by atoms with Crippen LogP contribution in [0, 0.1) is 6.57 Å². The molecule has 0 amide bonds. The summed E-state index contributed by atoms with van der Waals surface area (Å²) >= 11 is 0. The van der Waals surface area contributed by atoms with Gasteiger partial charge < -0.3 is 23.8 Å². The number of hydrogen-bond acceptors (Lipinski definition) is 5. The summed E-state index contributed by atoms with van der Waals surface area (Å²) in [5.41, 5.74) is 0.734. The van der Waals surface area contributed by atoms with Crippen molar-refractivity contribution in [2.75, 3.05) is 24.6 Å². The molecule has 0 saturated carbocycles. The van der Waals surface area contributed by atoms with E-state index in [1.54, 1.807) is 19.2 Å². The van der Waals surface area contributed by atoms with Crippen molar-refractivity contribution in [2.45, 2.75) is 31.7 Å². The van der Waals surface area contributed by atoms with Crippen LogP contribution in [0.3, 0.4) is 0 Å². The summed E-state index contributed by atoms with van der Waals surface area (Å²) in [5.74, 6) is 0.344. The highest BCUT2D eigenvalue weighted by Gasteiger charge is 2.34. The van der Waals surface area contributed by atoms with Gasteiger partial charge in [0.2, 0.25) is 5.52 Å². The maximum Gasteiger partial charge on any atom is 0.416 e. The van der Waals surface area contributed by atoms with Crippen LogP contribution in [0.2, 0.25) is 0 Å². The molecular formula is C24H23F3N4O3. The van der Waals surface area contributed by atoms with Gasteiger partial charge in [0, 0.05) is 39.2 Å². The number of piperidine rings is 1. The second kappa shape index (κ2) is 9.35. The van der Waals surface area contributed by atoms with Crippen molar-refractivity contribution in [3.63, 3.8) is 0 Å². The number of nitrogens with zero attached hydrogens (tertiary/aromatic N) is 4. The first kappa shape index (κ1) is 23.6. The quantitative estimate of drug-likeness (QED) is 0.510. The second-order valence-corrected chi connectivity index (χ2v) is 7.99. The molecule has 3 heterocycles. The lowest BCUT2D eigenvalue weighted by molar-refractivity contribution is -0.137. The van der Waals surface area contributed by atoms with E-state index in [0.29, 0.717) is 42.8 Å². The minimum atomic E-state index is -4.46. The van der Waals surface area contributed by atoms with Crippen LogP contribution in [0.15, 0.2) is 47.3 Å². The lowest BCUT2D eigenvalue weighted by atomic mass is 10.0. The second-order valence-electron chi connectivity index (χ2n) is 7.99. The van der Waals surface area contributed by atoms with Crippen molar-refractivity contribution in [1.29, 1.82) is 0 Å². The molecule has 0 aliphatic carbocycles. The molecule has 1 fully saturated rings. The van der Waals surface area contributed by atoms with Gasteiger partial charge in [-0.2, -0.15) is 13.2 Å². The van der Waals surface area contributed by atoms with Crippen LogP contribution in [-0.2, 0) is 18.0 Å². The summed E-state index contributed by atoms with van der Waals surface area (Å²) in [7, 11) is 1.64. The maximum atomic E-state index is 13.1. The van der Waals surface area contributed by atoms with E-state index in [1.807, 2.05) is 11.8 Å².